The molecule has 0 heterocycles. The van der Waals surface area contributed by atoms with Gasteiger partial charge < -0.3 is 14.6 Å². The Kier molecular flexibility index (Phi) is 6.11. The molecule has 148 valence electrons. The smallest absolute Gasteiger partial charge is 0.338 e. The number of halogens is 2. The van der Waals surface area contributed by atoms with Crippen molar-refractivity contribution in [3.63, 3.8) is 0 Å². The van der Waals surface area contributed by atoms with Gasteiger partial charge in [0.25, 0.3) is 0 Å². The van der Waals surface area contributed by atoms with Gasteiger partial charge in [0.2, 0.25) is 5.41 Å². The number of ether oxygens (including phenoxy) is 2. The molecule has 5 nitrogen and oxygen atoms in total. The Bertz CT molecular complexity index is 1010. The van der Waals surface area contributed by atoms with Crippen molar-refractivity contribution < 1.29 is 24.2 Å². The van der Waals surface area contributed by atoms with E-state index < -0.39 is 17.4 Å². The fourth-order valence-corrected chi connectivity index (χ4v) is 3.22. The number of hydrogen-bond donors (Lipinski definition) is 1. The van der Waals surface area contributed by atoms with Crippen LogP contribution in [-0.2, 0) is 15.0 Å². The molecular formula is C22H16Cl2O5. The zero-order valence-corrected chi connectivity index (χ0v) is 16.8. The van der Waals surface area contributed by atoms with Gasteiger partial charge in [-0.3, -0.25) is 4.79 Å². The van der Waals surface area contributed by atoms with Crippen molar-refractivity contribution in [2.75, 3.05) is 7.11 Å². The number of carboxylic acid groups (broad SMARTS) is 1. The van der Waals surface area contributed by atoms with Gasteiger partial charge in [0.05, 0.1) is 7.11 Å². The number of esters is 1. The summed E-state index contributed by atoms with van der Waals surface area (Å²) in [5, 5.41) is 11.1. The molecule has 0 aliphatic heterocycles. The van der Waals surface area contributed by atoms with E-state index in [4.69, 9.17) is 32.7 Å². The van der Waals surface area contributed by atoms with E-state index in [0.717, 1.165) is 0 Å². The molecule has 1 unspecified atom stereocenters. The van der Waals surface area contributed by atoms with Crippen molar-refractivity contribution in [2.24, 2.45) is 0 Å². The molecule has 0 fully saturated rings. The van der Waals surface area contributed by atoms with E-state index in [9.17, 15) is 14.7 Å². The van der Waals surface area contributed by atoms with E-state index >= 15 is 0 Å². The van der Waals surface area contributed by atoms with Crippen LogP contribution in [0, 0.1) is 0 Å². The lowest BCUT2D eigenvalue weighted by molar-refractivity contribution is -0.153. The highest BCUT2D eigenvalue weighted by atomic mass is 35.5. The van der Waals surface area contributed by atoms with E-state index in [-0.39, 0.29) is 16.9 Å². The van der Waals surface area contributed by atoms with Crippen LogP contribution in [0.5, 0.6) is 11.5 Å². The number of hydrogen-bond acceptors (Lipinski definition) is 4. The van der Waals surface area contributed by atoms with Crippen molar-refractivity contribution in [3.8, 4) is 11.5 Å². The molecule has 3 rings (SSSR count). The standard InChI is InChI=1S/C22H16Cl2O5/c1-28-18-10-4-15(5-11-18)22(20(25)26,14-2-6-16(23)7-3-14)21(27)29-19-12-8-17(24)9-13-19/h2-13H,1H3,(H,25,26). The maximum Gasteiger partial charge on any atom is 0.338 e. The largest absolute Gasteiger partial charge is 0.497 e. The highest BCUT2D eigenvalue weighted by Crippen LogP contribution is 2.36. The lowest BCUT2D eigenvalue weighted by atomic mass is 9.74. The summed E-state index contributed by atoms with van der Waals surface area (Å²) in [5.41, 5.74) is -1.69. The molecule has 0 saturated heterocycles. The Labute approximate surface area is 177 Å². The van der Waals surface area contributed by atoms with Crippen molar-refractivity contribution in [2.45, 2.75) is 5.41 Å². The molecule has 3 aromatic carbocycles. The van der Waals surface area contributed by atoms with Crippen LogP contribution in [0.1, 0.15) is 11.1 Å². The van der Waals surface area contributed by atoms with E-state index in [1.54, 1.807) is 24.3 Å². The molecular weight excluding hydrogens is 415 g/mol. The number of carbonyl (C=O) groups excluding carboxylic acids is 1. The van der Waals surface area contributed by atoms with Crippen LogP contribution in [0.25, 0.3) is 0 Å². The molecule has 0 spiro atoms. The van der Waals surface area contributed by atoms with Gasteiger partial charge in [0.1, 0.15) is 11.5 Å². The van der Waals surface area contributed by atoms with Gasteiger partial charge in [0, 0.05) is 10.0 Å². The van der Waals surface area contributed by atoms with Gasteiger partial charge in [-0.1, -0.05) is 47.5 Å². The molecule has 1 N–H and O–H groups in total. The molecule has 0 aliphatic carbocycles. The fraction of sp³-hybridized carbons (Fsp3) is 0.0909. The average molecular weight is 431 g/mol. The van der Waals surface area contributed by atoms with Crippen molar-refractivity contribution >= 4 is 35.1 Å². The first-order valence-electron chi connectivity index (χ1n) is 8.49. The first kappa shape index (κ1) is 20.7. The minimum atomic E-state index is -2.11. The summed E-state index contributed by atoms with van der Waals surface area (Å²) < 4.78 is 10.6. The molecule has 1 atom stereocenters. The number of aliphatic carboxylic acids is 1. The molecule has 0 saturated carbocycles. The van der Waals surface area contributed by atoms with E-state index in [0.29, 0.717) is 15.8 Å². The minimum absolute atomic E-state index is 0.174. The lowest BCUT2D eigenvalue weighted by Crippen LogP contribution is -2.47. The Morgan fingerprint density at radius 2 is 1.17 bits per heavy atom. The third-order valence-corrected chi connectivity index (χ3v) is 4.96. The van der Waals surface area contributed by atoms with Crippen LogP contribution >= 0.6 is 23.2 Å². The number of benzene rings is 3. The molecule has 7 heteroatoms. The Hall–Kier alpha value is -3.02. The van der Waals surface area contributed by atoms with Crippen LogP contribution in [0.4, 0.5) is 0 Å². The van der Waals surface area contributed by atoms with Gasteiger partial charge in [-0.05, 0) is 59.7 Å². The number of carbonyl (C=O) groups is 2. The maximum atomic E-state index is 13.3. The van der Waals surface area contributed by atoms with E-state index in [2.05, 4.69) is 0 Å². The van der Waals surface area contributed by atoms with Crippen LogP contribution in [0.3, 0.4) is 0 Å². The molecule has 0 bridgehead atoms. The first-order chi connectivity index (χ1) is 13.9. The zero-order valence-electron chi connectivity index (χ0n) is 15.3. The van der Waals surface area contributed by atoms with Gasteiger partial charge in [-0.25, -0.2) is 4.79 Å². The highest BCUT2D eigenvalue weighted by Gasteiger charge is 2.51. The van der Waals surface area contributed by atoms with Crippen molar-refractivity contribution in [1.82, 2.24) is 0 Å². The summed E-state index contributed by atoms with van der Waals surface area (Å²) in [7, 11) is 1.49. The Morgan fingerprint density at radius 1 is 0.759 bits per heavy atom. The normalized spacial score (nSPS) is 12.7. The number of carboxylic acids is 1. The molecule has 0 aliphatic rings. The number of rotatable bonds is 6. The third-order valence-electron chi connectivity index (χ3n) is 4.45. The second-order valence-electron chi connectivity index (χ2n) is 6.13. The quantitative estimate of drug-likeness (QED) is 0.339. The van der Waals surface area contributed by atoms with Crippen LogP contribution in [-0.4, -0.2) is 24.2 Å². The van der Waals surface area contributed by atoms with Crippen LogP contribution < -0.4 is 9.47 Å². The van der Waals surface area contributed by atoms with Gasteiger partial charge in [-0.2, -0.15) is 0 Å². The second kappa shape index (κ2) is 8.55. The van der Waals surface area contributed by atoms with Crippen molar-refractivity contribution in [1.29, 1.82) is 0 Å². The average Bonchev–Trinajstić information content (AvgIpc) is 2.72. The van der Waals surface area contributed by atoms with Crippen molar-refractivity contribution in [3.05, 3.63) is 94.0 Å². The molecule has 0 aromatic heterocycles. The Morgan fingerprint density at radius 3 is 1.62 bits per heavy atom. The zero-order chi connectivity index (χ0) is 21.0. The maximum absolute atomic E-state index is 13.3. The summed E-state index contributed by atoms with van der Waals surface area (Å²) in [6.07, 6.45) is 0. The van der Waals surface area contributed by atoms with Gasteiger partial charge in [-0.15, -0.1) is 0 Å². The summed E-state index contributed by atoms with van der Waals surface area (Å²) >= 11 is 11.8. The van der Waals surface area contributed by atoms with Gasteiger partial charge >= 0.3 is 11.9 Å². The second-order valence-corrected chi connectivity index (χ2v) is 7.01. The first-order valence-corrected chi connectivity index (χ1v) is 9.25. The molecule has 29 heavy (non-hydrogen) atoms. The predicted octanol–water partition coefficient (Wildman–Crippen LogP) is 4.98. The van der Waals surface area contributed by atoms with E-state index in [1.165, 1.54) is 55.6 Å². The topological polar surface area (TPSA) is 72.8 Å². The highest BCUT2D eigenvalue weighted by molar-refractivity contribution is 6.30. The fourth-order valence-electron chi connectivity index (χ4n) is 2.96. The lowest BCUT2D eigenvalue weighted by Gasteiger charge is -2.28. The minimum Gasteiger partial charge on any atom is -0.497 e. The Balaban J connectivity index is 2.17. The predicted molar refractivity (Wildman–Crippen MR) is 110 cm³/mol. The van der Waals surface area contributed by atoms with Crippen LogP contribution in [0.2, 0.25) is 10.0 Å². The monoisotopic (exact) mass is 430 g/mol. The van der Waals surface area contributed by atoms with Gasteiger partial charge in [0.15, 0.2) is 0 Å². The SMILES string of the molecule is COc1ccc(C(C(=O)O)(C(=O)Oc2ccc(Cl)cc2)c2ccc(Cl)cc2)cc1. The third kappa shape index (κ3) is 4.06. The molecule has 0 amide bonds. The van der Waals surface area contributed by atoms with Crippen LogP contribution in [0.15, 0.2) is 72.8 Å². The summed E-state index contributed by atoms with van der Waals surface area (Å²) in [5.74, 6) is -1.66. The molecule has 0 radical (unpaired) electrons. The summed E-state index contributed by atoms with van der Waals surface area (Å²) in [6.45, 7) is 0. The summed E-state index contributed by atoms with van der Waals surface area (Å²) in [6, 6.07) is 18.3. The van der Waals surface area contributed by atoms with E-state index in [1.807, 2.05) is 0 Å². The summed E-state index contributed by atoms with van der Waals surface area (Å²) in [4.78, 5) is 25.9. The molecule has 3 aromatic rings. The number of methoxy groups -OCH3 is 1.